The van der Waals surface area contributed by atoms with Gasteiger partial charge in [-0.3, -0.25) is 0 Å². The van der Waals surface area contributed by atoms with E-state index in [2.05, 4.69) is 0 Å². The fourth-order valence-electron chi connectivity index (χ4n) is 1.84. The van der Waals surface area contributed by atoms with Gasteiger partial charge in [-0.15, -0.1) is 0 Å². The van der Waals surface area contributed by atoms with Crippen molar-refractivity contribution < 1.29 is 8.42 Å². The summed E-state index contributed by atoms with van der Waals surface area (Å²) in [4.78, 5) is 0. The van der Waals surface area contributed by atoms with E-state index in [0.717, 1.165) is 11.3 Å². The molecule has 0 aromatic heterocycles. The highest BCUT2D eigenvalue weighted by molar-refractivity contribution is 7.86. The molecule has 1 heterocycles. The predicted molar refractivity (Wildman–Crippen MR) is 67.8 cm³/mol. The second kappa shape index (κ2) is 4.29. The summed E-state index contributed by atoms with van der Waals surface area (Å²) < 4.78 is 26.3. The summed E-state index contributed by atoms with van der Waals surface area (Å²) in [5, 5.41) is 0. The first kappa shape index (κ1) is 12.3. The summed E-state index contributed by atoms with van der Waals surface area (Å²) >= 11 is 0. The van der Waals surface area contributed by atoms with Gasteiger partial charge in [-0.05, 0) is 17.7 Å². The van der Waals surface area contributed by atoms with E-state index in [1.807, 2.05) is 24.3 Å². The van der Waals surface area contributed by atoms with Crippen LogP contribution in [-0.2, 0) is 10.2 Å². The van der Waals surface area contributed by atoms with Crippen LogP contribution in [0.25, 0.3) is 0 Å². The molecule has 94 valence electrons. The Labute approximate surface area is 102 Å². The van der Waals surface area contributed by atoms with Crippen LogP contribution in [0.5, 0.6) is 0 Å². The highest BCUT2D eigenvalue weighted by Gasteiger charge is 2.37. The van der Waals surface area contributed by atoms with Crippen molar-refractivity contribution in [1.29, 1.82) is 0 Å². The molecule has 0 aliphatic carbocycles. The van der Waals surface area contributed by atoms with Gasteiger partial charge in [0, 0.05) is 38.8 Å². The first-order valence-electron chi connectivity index (χ1n) is 5.44. The zero-order valence-electron chi connectivity index (χ0n) is 10.00. The van der Waals surface area contributed by atoms with E-state index in [1.54, 1.807) is 14.1 Å². The van der Waals surface area contributed by atoms with Gasteiger partial charge in [0.15, 0.2) is 0 Å². The lowest BCUT2D eigenvalue weighted by atomic mass is 9.94. The minimum absolute atomic E-state index is 0.283. The molecular formula is C11H17N3O2S. The van der Waals surface area contributed by atoms with Gasteiger partial charge in [-0.2, -0.15) is 17.0 Å². The molecule has 1 fully saturated rings. The van der Waals surface area contributed by atoms with Crippen molar-refractivity contribution in [2.45, 2.75) is 5.92 Å². The van der Waals surface area contributed by atoms with Crippen molar-refractivity contribution in [1.82, 2.24) is 8.61 Å². The summed E-state index contributed by atoms with van der Waals surface area (Å²) in [5.74, 6) is 0.283. The normalized spacial score (nSPS) is 18.3. The average molecular weight is 255 g/mol. The molecule has 1 aromatic rings. The molecule has 0 atom stereocenters. The van der Waals surface area contributed by atoms with Gasteiger partial charge in [0.05, 0.1) is 0 Å². The van der Waals surface area contributed by atoms with Crippen LogP contribution in [-0.4, -0.2) is 44.2 Å². The van der Waals surface area contributed by atoms with E-state index >= 15 is 0 Å². The highest BCUT2D eigenvalue weighted by Crippen LogP contribution is 2.30. The molecule has 0 radical (unpaired) electrons. The minimum atomic E-state index is -3.25. The lowest BCUT2D eigenvalue weighted by Gasteiger charge is -2.39. The Kier molecular flexibility index (Phi) is 3.11. The van der Waals surface area contributed by atoms with Gasteiger partial charge >= 0.3 is 0 Å². The van der Waals surface area contributed by atoms with Crippen LogP contribution in [0.2, 0.25) is 0 Å². The van der Waals surface area contributed by atoms with Crippen LogP contribution in [0.3, 0.4) is 0 Å². The van der Waals surface area contributed by atoms with Crippen LogP contribution >= 0.6 is 0 Å². The monoisotopic (exact) mass is 255 g/mol. The van der Waals surface area contributed by atoms with Gasteiger partial charge in [0.25, 0.3) is 10.2 Å². The Hall–Kier alpha value is -1.11. The lowest BCUT2D eigenvalue weighted by Crippen LogP contribution is -2.52. The van der Waals surface area contributed by atoms with Crippen molar-refractivity contribution in [2.24, 2.45) is 0 Å². The van der Waals surface area contributed by atoms with E-state index in [9.17, 15) is 8.42 Å². The third kappa shape index (κ3) is 2.29. The van der Waals surface area contributed by atoms with Crippen LogP contribution in [0.4, 0.5) is 5.69 Å². The summed E-state index contributed by atoms with van der Waals surface area (Å²) in [5.41, 5.74) is 7.48. The maximum absolute atomic E-state index is 11.8. The Balaban J connectivity index is 2.02. The van der Waals surface area contributed by atoms with Gasteiger partial charge < -0.3 is 5.73 Å². The first-order chi connectivity index (χ1) is 7.91. The van der Waals surface area contributed by atoms with Crippen LogP contribution in [0, 0.1) is 0 Å². The zero-order chi connectivity index (χ0) is 12.6. The number of nitrogens with zero attached hydrogens (tertiary/aromatic N) is 2. The quantitative estimate of drug-likeness (QED) is 0.799. The van der Waals surface area contributed by atoms with Gasteiger partial charge in [0.1, 0.15) is 0 Å². The topological polar surface area (TPSA) is 66.6 Å². The van der Waals surface area contributed by atoms with E-state index in [4.69, 9.17) is 5.73 Å². The van der Waals surface area contributed by atoms with Crippen molar-refractivity contribution >= 4 is 15.9 Å². The lowest BCUT2D eigenvalue weighted by molar-refractivity contribution is 0.249. The molecule has 1 saturated heterocycles. The molecule has 0 amide bonds. The molecule has 6 heteroatoms. The molecule has 2 rings (SSSR count). The predicted octanol–water partition coefficient (Wildman–Crippen LogP) is 0.474. The number of rotatable bonds is 3. The third-order valence-electron chi connectivity index (χ3n) is 3.04. The maximum Gasteiger partial charge on any atom is 0.281 e. The van der Waals surface area contributed by atoms with Crippen molar-refractivity contribution in [2.75, 3.05) is 32.9 Å². The maximum atomic E-state index is 11.8. The smallest absolute Gasteiger partial charge is 0.281 e. The summed E-state index contributed by atoms with van der Waals surface area (Å²) in [7, 11) is -0.152. The number of benzene rings is 1. The molecule has 1 aliphatic rings. The van der Waals surface area contributed by atoms with Crippen molar-refractivity contribution in [3.05, 3.63) is 29.8 Å². The Morgan fingerprint density at radius 1 is 1.24 bits per heavy atom. The molecule has 0 bridgehead atoms. The SMILES string of the molecule is CN(C)S(=O)(=O)N1CC(c2ccc(N)cc2)C1. The van der Waals surface area contributed by atoms with Gasteiger partial charge in [-0.25, -0.2) is 0 Å². The summed E-state index contributed by atoms with van der Waals surface area (Å²) in [6.45, 7) is 1.09. The van der Waals surface area contributed by atoms with Crippen molar-refractivity contribution in [3.63, 3.8) is 0 Å². The minimum Gasteiger partial charge on any atom is -0.399 e. The number of anilines is 1. The largest absolute Gasteiger partial charge is 0.399 e. The molecule has 0 spiro atoms. The Morgan fingerprint density at radius 3 is 2.24 bits per heavy atom. The fourth-order valence-corrected chi connectivity index (χ4v) is 3.03. The third-order valence-corrected chi connectivity index (χ3v) is 4.92. The van der Waals surface area contributed by atoms with E-state index in [1.165, 1.54) is 8.61 Å². The molecule has 0 unspecified atom stereocenters. The second-order valence-electron chi connectivity index (χ2n) is 4.47. The summed E-state index contributed by atoms with van der Waals surface area (Å²) in [6, 6.07) is 7.61. The molecule has 5 nitrogen and oxygen atoms in total. The average Bonchev–Trinajstić information content (AvgIpc) is 2.18. The molecule has 1 aromatic carbocycles. The fraction of sp³-hybridized carbons (Fsp3) is 0.455. The van der Waals surface area contributed by atoms with Gasteiger partial charge in [-0.1, -0.05) is 12.1 Å². The summed E-state index contributed by atoms with van der Waals surface area (Å²) in [6.07, 6.45) is 0. The highest BCUT2D eigenvalue weighted by atomic mass is 32.2. The second-order valence-corrected chi connectivity index (χ2v) is 6.61. The molecule has 2 N–H and O–H groups in total. The molecule has 0 saturated carbocycles. The van der Waals surface area contributed by atoms with Crippen LogP contribution < -0.4 is 5.73 Å². The standard InChI is InChI=1S/C11H17N3O2S/c1-13(2)17(15,16)14-7-10(8-14)9-3-5-11(12)6-4-9/h3-6,10H,7-8,12H2,1-2H3. The first-order valence-corrected chi connectivity index (χ1v) is 6.84. The van der Waals surface area contributed by atoms with E-state index in [-0.39, 0.29) is 5.92 Å². The number of hydrogen-bond acceptors (Lipinski definition) is 3. The molecule has 17 heavy (non-hydrogen) atoms. The number of nitrogens with two attached hydrogens (primary N) is 1. The molecule has 1 aliphatic heterocycles. The number of nitrogen functional groups attached to an aromatic ring is 1. The van der Waals surface area contributed by atoms with E-state index < -0.39 is 10.2 Å². The number of hydrogen-bond donors (Lipinski definition) is 1. The Morgan fingerprint density at radius 2 is 1.76 bits per heavy atom. The Bertz CT molecular complexity index is 490. The van der Waals surface area contributed by atoms with Gasteiger partial charge in [0.2, 0.25) is 0 Å². The van der Waals surface area contributed by atoms with Crippen LogP contribution in [0.15, 0.2) is 24.3 Å². The van der Waals surface area contributed by atoms with E-state index in [0.29, 0.717) is 13.1 Å². The zero-order valence-corrected chi connectivity index (χ0v) is 10.8. The molecular weight excluding hydrogens is 238 g/mol. The van der Waals surface area contributed by atoms with Crippen molar-refractivity contribution in [3.8, 4) is 0 Å². The van der Waals surface area contributed by atoms with Crippen LogP contribution in [0.1, 0.15) is 11.5 Å².